The third-order valence-corrected chi connectivity index (χ3v) is 1.93. The van der Waals surface area contributed by atoms with E-state index in [2.05, 4.69) is 6.58 Å². The fourth-order valence-corrected chi connectivity index (χ4v) is 0.840. The van der Waals surface area contributed by atoms with Gasteiger partial charge < -0.3 is 9.47 Å². The maximum absolute atomic E-state index is 5.56. The van der Waals surface area contributed by atoms with E-state index in [1.807, 2.05) is 6.92 Å². The maximum Gasteiger partial charge on any atom is 0.154 e. The molecule has 0 heterocycles. The molecule has 0 aliphatic heterocycles. The molecule has 0 aromatic carbocycles. The van der Waals surface area contributed by atoms with Crippen molar-refractivity contribution in [3.8, 4) is 0 Å². The van der Waals surface area contributed by atoms with Crippen LogP contribution in [0.4, 0.5) is 0 Å². The third-order valence-electron chi connectivity index (χ3n) is 1.55. The molecule has 1 unspecified atom stereocenters. The van der Waals surface area contributed by atoms with E-state index < -0.39 is 0 Å². The lowest BCUT2D eigenvalue weighted by Crippen LogP contribution is -2.11. The zero-order valence-electron chi connectivity index (χ0n) is 7.81. The van der Waals surface area contributed by atoms with Crippen molar-refractivity contribution in [1.29, 1.82) is 0 Å². The molecule has 72 valence electrons. The van der Waals surface area contributed by atoms with Gasteiger partial charge in [0.25, 0.3) is 0 Å². The van der Waals surface area contributed by atoms with Crippen molar-refractivity contribution >= 4 is 11.6 Å². The molecule has 12 heavy (non-hydrogen) atoms. The predicted molar refractivity (Wildman–Crippen MR) is 51.5 cm³/mol. The van der Waals surface area contributed by atoms with Crippen molar-refractivity contribution in [3.63, 3.8) is 0 Å². The number of rotatable bonds is 7. The standard InChI is InChI=1S/C9H17ClO2/c1-8(7-10)5-4-6-12-9(2)11-3/h9H,1,4-7H2,2-3H3. The van der Waals surface area contributed by atoms with Gasteiger partial charge in [0.15, 0.2) is 6.29 Å². The third kappa shape index (κ3) is 6.65. The predicted octanol–water partition coefficient (Wildman–Crippen LogP) is 2.57. The fraction of sp³-hybridized carbons (Fsp3) is 0.778. The molecule has 0 bridgehead atoms. The highest BCUT2D eigenvalue weighted by Gasteiger charge is 1.98. The van der Waals surface area contributed by atoms with Crippen LogP contribution >= 0.6 is 11.6 Å². The Morgan fingerprint density at radius 1 is 1.58 bits per heavy atom. The molecule has 0 saturated carbocycles. The normalized spacial score (nSPS) is 12.9. The van der Waals surface area contributed by atoms with Gasteiger partial charge in [-0.15, -0.1) is 11.6 Å². The van der Waals surface area contributed by atoms with Crippen molar-refractivity contribution in [3.05, 3.63) is 12.2 Å². The summed E-state index contributed by atoms with van der Waals surface area (Å²) in [5, 5.41) is 0. The summed E-state index contributed by atoms with van der Waals surface area (Å²) in [6.45, 7) is 6.36. The molecule has 0 spiro atoms. The molecule has 3 heteroatoms. The van der Waals surface area contributed by atoms with E-state index >= 15 is 0 Å². The SMILES string of the molecule is C=C(CCl)CCCOC(C)OC. The van der Waals surface area contributed by atoms with Gasteiger partial charge >= 0.3 is 0 Å². The van der Waals surface area contributed by atoms with Crippen LogP contribution in [0.2, 0.25) is 0 Å². The van der Waals surface area contributed by atoms with Crippen LogP contribution in [0.1, 0.15) is 19.8 Å². The molecule has 0 saturated heterocycles. The summed E-state index contributed by atoms with van der Waals surface area (Å²) in [7, 11) is 1.63. The molecule has 0 N–H and O–H groups in total. The smallest absolute Gasteiger partial charge is 0.154 e. The van der Waals surface area contributed by atoms with Crippen LogP contribution in [0.25, 0.3) is 0 Å². The Bertz CT molecular complexity index is 126. The number of hydrogen-bond donors (Lipinski definition) is 0. The molecule has 1 atom stereocenters. The molecule has 0 aliphatic rings. The second kappa shape index (κ2) is 7.59. The first-order valence-electron chi connectivity index (χ1n) is 4.07. The lowest BCUT2D eigenvalue weighted by atomic mass is 10.2. The number of allylic oxidation sites excluding steroid dienone is 1. The van der Waals surface area contributed by atoms with E-state index in [0.29, 0.717) is 12.5 Å². The Morgan fingerprint density at radius 2 is 2.25 bits per heavy atom. The monoisotopic (exact) mass is 192 g/mol. The quantitative estimate of drug-likeness (QED) is 0.267. The van der Waals surface area contributed by atoms with Crippen molar-refractivity contribution in [2.75, 3.05) is 19.6 Å². The highest BCUT2D eigenvalue weighted by Crippen LogP contribution is 2.04. The van der Waals surface area contributed by atoms with Crippen LogP contribution in [0, 0.1) is 0 Å². The minimum Gasteiger partial charge on any atom is -0.356 e. The Hall–Kier alpha value is -0.0500. The molecule has 2 nitrogen and oxygen atoms in total. The summed E-state index contributed by atoms with van der Waals surface area (Å²) >= 11 is 5.56. The number of alkyl halides is 1. The molecular formula is C9H17ClO2. The van der Waals surface area contributed by atoms with Gasteiger partial charge in [-0.25, -0.2) is 0 Å². The first-order valence-corrected chi connectivity index (χ1v) is 4.61. The fourth-order valence-electron chi connectivity index (χ4n) is 0.706. The van der Waals surface area contributed by atoms with Crippen LogP contribution in [0.15, 0.2) is 12.2 Å². The van der Waals surface area contributed by atoms with E-state index in [4.69, 9.17) is 21.1 Å². The van der Waals surface area contributed by atoms with Crippen LogP contribution in [-0.4, -0.2) is 25.9 Å². The topological polar surface area (TPSA) is 18.5 Å². The zero-order valence-corrected chi connectivity index (χ0v) is 8.56. The Kier molecular flexibility index (Phi) is 7.56. The second-order valence-electron chi connectivity index (χ2n) is 2.66. The van der Waals surface area contributed by atoms with Crippen molar-refractivity contribution in [2.45, 2.75) is 26.1 Å². The summed E-state index contributed by atoms with van der Waals surface area (Å²) in [4.78, 5) is 0. The van der Waals surface area contributed by atoms with Gasteiger partial charge in [-0.2, -0.15) is 0 Å². The molecular weight excluding hydrogens is 176 g/mol. The lowest BCUT2D eigenvalue weighted by Gasteiger charge is -2.10. The molecule has 0 radical (unpaired) electrons. The number of ether oxygens (including phenoxy) is 2. The lowest BCUT2D eigenvalue weighted by molar-refractivity contribution is -0.111. The highest BCUT2D eigenvalue weighted by molar-refractivity contribution is 6.19. The van der Waals surface area contributed by atoms with E-state index in [1.54, 1.807) is 7.11 Å². The van der Waals surface area contributed by atoms with Gasteiger partial charge in [-0.3, -0.25) is 0 Å². The summed E-state index contributed by atoms with van der Waals surface area (Å²) in [5.41, 5.74) is 1.06. The van der Waals surface area contributed by atoms with Gasteiger partial charge in [0, 0.05) is 13.0 Å². The van der Waals surface area contributed by atoms with E-state index in [0.717, 1.165) is 18.4 Å². The van der Waals surface area contributed by atoms with Crippen molar-refractivity contribution in [2.24, 2.45) is 0 Å². The second-order valence-corrected chi connectivity index (χ2v) is 2.93. The number of hydrogen-bond acceptors (Lipinski definition) is 2. The summed E-state index contributed by atoms with van der Waals surface area (Å²) in [6.07, 6.45) is 1.77. The van der Waals surface area contributed by atoms with Crippen LogP contribution < -0.4 is 0 Å². The Labute approximate surface area is 79.5 Å². The summed E-state index contributed by atoms with van der Waals surface area (Å²) in [6, 6.07) is 0. The van der Waals surface area contributed by atoms with Gasteiger partial charge in [0.1, 0.15) is 0 Å². The first kappa shape index (κ1) is 11.9. The van der Waals surface area contributed by atoms with Crippen LogP contribution in [0.5, 0.6) is 0 Å². The molecule has 0 fully saturated rings. The number of halogens is 1. The average Bonchev–Trinajstić information content (AvgIpc) is 2.11. The number of methoxy groups -OCH3 is 1. The molecule has 0 aromatic heterocycles. The summed E-state index contributed by atoms with van der Waals surface area (Å²) in [5.74, 6) is 0.541. The highest BCUT2D eigenvalue weighted by atomic mass is 35.5. The van der Waals surface area contributed by atoms with E-state index in [-0.39, 0.29) is 6.29 Å². The van der Waals surface area contributed by atoms with Gasteiger partial charge in [-0.1, -0.05) is 12.2 Å². The van der Waals surface area contributed by atoms with Gasteiger partial charge in [0.2, 0.25) is 0 Å². The maximum atomic E-state index is 5.56. The first-order chi connectivity index (χ1) is 5.70. The Balaban J connectivity index is 3.15. The van der Waals surface area contributed by atoms with Crippen LogP contribution in [0.3, 0.4) is 0 Å². The Morgan fingerprint density at radius 3 is 2.75 bits per heavy atom. The molecule has 0 aromatic rings. The molecule has 0 amide bonds. The minimum absolute atomic E-state index is 0.116. The van der Waals surface area contributed by atoms with E-state index in [1.165, 1.54) is 0 Å². The van der Waals surface area contributed by atoms with Crippen LogP contribution in [-0.2, 0) is 9.47 Å². The van der Waals surface area contributed by atoms with Crippen molar-refractivity contribution in [1.82, 2.24) is 0 Å². The molecule has 0 aliphatic carbocycles. The van der Waals surface area contributed by atoms with Gasteiger partial charge in [-0.05, 0) is 19.8 Å². The summed E-state index contributed by atoms with van der Waals surface area (Å²) < 4.78 is 10.2. The zero-order chi connectivity index (χ0) is 9.40. The van der Waals surface area contributed by atoms with Crippen molar-refractivity contribution < 1.29 is 9.47 Å². The average molecular weight is 193 g/mol. The van der Waals surface area contributed by atoms with Gasteiger partial charge in [0.05, 0.1) is 6.61 Å². The van der Waals surface area contributed by atoms with E-state index in [9.17, 15) is 0 Å². The largest absolute Gasteiger partial charge is 0.356 e. The molecule has 0 rings (SSSR count). The minimum atomic E-state index is -0.116.